The van der Waals surface area contributed by atoms with Crippen LogP contribution in [-0.4, -0.2) is 66.9 Å². The van der Waals surface area contributed by atoms with Crippen LogP contribution in [0.3, 0.4) is 0 Å². The summed E-state index contributed by atoms with van der Waals surface area (Å²) in [6.45, 7) is 0.416. The molecule has 0 bridgehead atoms. The van der Waals surface area contributed by atoms with Gasteiger partial charge in [0.1, 0.15) is 5.69 Å². The summed E-state index contributed by atoms with van der Waals surface area (Å²) in [4.78, 5) is 25.9. The Hall–Kier alpha value is -2.36. The maximum absolute atomic E-state index is 12.7. The average Bonchev–Trinajstić information content (AvgIpc) is 3.12. The van der Waals surface area contributed by atoms with Crippen molar-refractivity contribution in [3.8, 4) is 0 Å². The van der Waals surface area contributed by atoms with Crippen LogP contribution in [0.15, 0.2) is 47.5 Å². The number of carbonyl (C=O) groups excluding carboxylic acids is 2. The minimum atomic E-state index is -3.64. The number of amides is 1. The molecular weight excluding hydrogens is 406 g/mol. The first kappa shape index (κ1) is 20.4. The molecule has 150 valence electrons. The van der Waals surface area contributed by atoms with E-state index in [0.717, 1.165) is 0 Å². The largest absolute Gasteiger partial charge is 0.451 e. The average molecular weight is 426 g/mol. The number of benzene rings is 1. The molecule has 0 spiro atoms. The van der Waals surface area contributed by atoms with E-state index in [-0.39, 0.29) is 43.6 Å². The molecule has 1 fully saturated rings. The van der Waals surface area contributed by atoms with Gasteiger partial charge in [0.2, 0.25) is 10.0 Å². The molecule has 1 saturated heterocycles. The topological polar surface area (TPSA) is 88.9 Å². The molecular formula is C18H20ClN3O5S. The number of aryl methyl sites for hydroxylation is 1. The van der Waals surface area contributed by atoms with Crippen molar-refractivity contribution < 1.29 is 22.7 Å². The van der Waals surface area contributed by atoms with Gasteiger partial charge in [-0.25, -0.2) is 13.2 Å². The van der Waals surface area contributed by atoms with E-state index in [9.17, 15) is 18.0 Å². The number of nitrogens with zero attached hydrogens (tertiary/aromatic N) is 3. The van der Waals surface area contributed by atoms with E-state index < -0.39 is 16.0 Å². The van der Waals surface area contributed by atoms with Gasteiger partial charge in [0.25, 0.3) is 5.91 Å². The number of rotatable bonds is 5. The van der Waals surface area contributed by atoms with Crippen LogP contribution in [0.25, 0.3) is 0 Å². The lowest BCUT2D eigenvalue weighted by Gasteiger charge is -2.33. The van der Waals surface area contributed by atoms with Gasteiger partial charge in [-0.05, 0) is 36.4 Å². The summed E-state index contributed by atoms with van der Waals surface area (Å²) in [7, 11) is -1.93. The molecule has 1 aliphatic heterocycles. The van der Waals surface area contributed by atoms with Crippen molar-refractivity contribution in [3.63, 3.8) is 0 Å². The summed E-state index contributed by atoms with van der Waals surface area (Å²) >= 11 is 5.80. The molecule has 2 aromatic rings. The minimum absolute atomic E-state index is 0.160. The van der Waals surface area contributed by atoms with Crippen molar-refractivity contribution in [1.29, 1.82) is 0 Å². The van der Waals surface area contributed by atoms with E-state index >= 15 is 0 Å². The Kier molecular flexibility index (Phi) is 6.07. The zero-order valence-electron chi connectivity index (χ0n) is 15.2. The predicted octanol–water partition coefficient (Wildman–Crippen LogP) is 1.37. The first-order valence-electron chi connectivity index (χ1n) is 8.61. The van der Waals surface area contributed by atoms with Crippen molar-refractivity contribution >= 4 is 33.5 Å². The highest BCUT2D eigenvalue weighted by molar-refractivity contribution is 7.89. The molecule has 1 aromatic carbocycles. The number of halogens is 1. The van der Waals surface area contributed by atoms with E-state index in [4.69, 9.17) is 16.3 Å². The number of piperazine rings is 1. The fourth-order valence-corrected chi connectivity index (χ4v) is 4.45. The van der Waals surface area contributed by atoms with Crippen molar-refractivity contribution in [1.82, 2.24) is 13.8 Å². The van der Waals surface area contributed by atoms with E-state index in [2.05, 4.69) is 0 Å². The van der Waals surface area contributed by atoms with Gasteiger partial charge >= 0.3 is 5.97 Å². The molecule has 28 heavy (non-hydrogen) atoms. The molecule has 8 nitrogen and oxygen atoms in total. The number of hydrogen-bond acceptors (Lipinski definition) is 5. The molecule has 0 N–H and O–H groups in total. The molecule has 0 atom stereocenters. The van der Waals surface area contributed by atoms with Crippen LogP contribution in [0.4, 0.5) is 0 Å². The molecule has 0 radical (unpaired) electrons. The predicted molar refractivity (Wildman–Crippen MR) is 102 cm³/mol. The fourth-order valence-electron chi connectivity index (χ4n) is 2.90. The van der Waals surface area contributed by atoms with Gasteiger partial charge in [0, 0.05) is 44.4 Å². The summed E-state index contributed by atoms with van der Waals surface area (Å²) in [5.74, 6) is -0.934. The molecule has 2 heterocycles. The number of ether oxygens (including phenoxy) is 1. The third kappa shape index (κ3) is 4.37. The SMILES string of the molecule is Cn1cccc1C(=O)OCC(=O)N1CCN(S(=O)(=O)c2ccc(Cl)cc2)CC1. The number of hydrogen-bond donors (Lipinski definition) is 0. The lowest BCUT2D eigenvalue weighted by atomic mass is 10.3. The normalized spacial score (nSPS) is 15.4. The van der Waals surface area contributed by atoms with Crippen molar-refractivity contribution in [2.45, 2.75) is 4.90 Å². The van der Waals surface area contributed by atoms with Crippen LogP contribution in [-0.2, 0) is 26.6 Å². The Labute approximate surface area is 168 Å². The zero-order valence-corrected chi connectivity index (χ0v) is 16.8. The lowest BCUT2D eigenvalue weighted by molar-refractivity contribution is -0.135. The lowest BCUT2D eigenvalue weighted by Crippen LogP contribution is -2.51. The van der Waals surface area contributed by atoms with Crippen LogP contribution in [0.5, 0.6) is 0 Å². The van der Waals surface area contributed by atoms with Crippen LogP contribution in [0, 0.1) is 0 Å². The molecule has 1 aliphatic rings. The minimum Gasteiger partial charge on any atom is -0.451 e. The van der Waals surface area contributed by atoms with Gasteiger partial charge in [-0.1, -0.05) is 11.6 Å². The Morgan fingerprint density at radius 2 is 1.71 bits per heavy atom. The van der Waals surface area contributed by atoms with Gasteiger partial charge in [-0.3, -0.25) is 4.79 Å². The van der Waals surface area contributed by atoms with Gasteiger partial charge in [0.15, 0.2) is 6.61 Å². The number of sulfonamides is 1. The first-order valence-corrected chi connectivity index (χ1v) is 10.4. The van der Waals surface area contributed by atoms with Gasteiger partial charge < -0.3 is 14.2 Å². The van der Waals surface area contributed by atoms with Crippen molar-refractivity contribution in [2.75, 3.05) is 32.8 Å². The molecule has 3 rings (SSSR count). The third-order valence-corrected chi connectivity index (χ3v) is 6.69. The molecule has 1 amide bonds. The van der Waals surface area contributed by atoms with Crippen molar-refractivity contribution in [2.24, 2.45) is 7.05 Å². The van der Waals surface area contributed by atoms with E-state index in [0.29, 0.717) is 10.7 Å². The van der Waals surface area contributed by atoms with Crippen LogP contribution >= 0.6 is 11.6 Å². The maximum Gasteiger partial charge on any atom is 0.355 e. The molecule has 0 unspecified atom stereocenters. The van der Waals surface area contributed by atoms with E-state index in [1.165, 1.54) is 33.5 Å². The number of aromatic nitrogens is 1. The monoisotopic (exact) mass is 425 g/mol. The van der Waals surface area contributed by atoms with Gasteiger partial charge in [-0.15, -0.1) is 0 Å². The fraction of sp³-hybridized carbons (Fsp3) is 0.333. The summed E-state index contributed by atoms with van der Waals surface area (Å²) in [5, 5.41) is 0.458. The van der Waals surface area contributed by atoms with Gasteiger partial charge in [0.05, 0.1) is 4.90 Å². The first-order chi connectivity index (χ1) is 13.3. The summed E-state index contributed by atoms with van der Waals surface area (Å²) in [5.41, 5.74) is 0.353. The number of carbonyl (C=O) groups is 2. The van der Waals surface area contributed by atoms with E-state index in [1.807, 2.05) is 0 Å². The summed E-state index contributed by atoms with van der Waals surface area (Å²) in [6.07, 6.45) is 1.71. The standard InChI is InChI=1S/C18H20ClN3O5S/c1-20-8-2-3-16(20)18(24)27-13-17(23)21-9-11-22(12-10-21)28(25,26)15-6-4-14(19)5-7-15/h2-8H,9-13H2,1H3. The second kappa shape index (κ2) is 8.34. The third-order valence-electron chi connectivity index (χ3n) is 4.52. The smallest absolute Gasteiger partial charge is 0.355 e. The second-order valence-electron chi connectivity index (χ2n) is 6.32. The Balaban J connectivity index is 1.53. The summed E-state index contributed by atoms with van der Waals surface area (Å²) in [6, 6.07) is 9.27. The maximum atomic E-state index is 12.7. The Bertz CT molecular complexity index is 963. The Morgan fingerprint density at radius 1 is 1.07 bits per heavy atom. The highest BCUT2D eigenvalue weighted by Crippen LogP contribution is 2.20. The van der Waals surface area contributed by atoms with Gasteiger partial charge in [-0.2, -0.15) is 4.31 Å². The molecule has 10 heteroatoms. The Morgan fingerprint density at radius 3 is 2.29 bits per heavy atom. The van der Waals surface area contributed by atoms with Crippen molar-refractivity contribution in [3.05, 3.63) is 53.3 Å². The van der Waals surface area contributed by atoms with Crippen LogP contribution in [0.1, 0.15) is 10.5 Å². The second-order valence-corrected chi connectivity index (χ2v) is 8.69. The zero-order chi connectivity index (χ0) is 20.3. The van der Waals surface area contributed by atoms with Crippen LogP contribution in [0.2, 0.25) is 5.02 Å². The number of esters is 1. The molecule has 1 aromatic heterocycles. The molecule has 0 saturated carbocycles. The highest BCUT2D eigenvalue weighted by Gasteiger charge is 2.30. The van der Waals surface area contributed by atoms with E-state index in [1.54, 1.807) is 29.9 Å². The summed E-state index contributed by atoms with van der Waals surface area (Å²) < 4.78 is 33.3. The molecule has 0 aliphatic carbocycles. The highest BCUT2D eigenvalue weighted by atomic mass is 35.5. The van der Waals surface area contributed by atoms with Crippen LogP contribution < -0.4 is 0 Å². The quantitative estimate of drug-likeness (QED) is 0.675.